The lowest BCUT2D eigenvalue weighted by atomic mass is 9.91. The first-order valence-electron chi connectivity index (χ1n) is 8.82. The third-order valence-electron chi connectivity index (χ3n) is 4.13. The van der Waals surface area contributed by atoms with Crippen molar-refractivity contribution in [1.29, 1.82) is 0 Å². The van der Waals surface area contributed by atoms with Crippen LogP contribution in [0.1, 0.15) is 36.7 Å². The lowest BCUT2D eigenvalue weighted by Crippen LogP contribution is -2.35. The molecule has 10 heteroatoms. The molecule has 0 spiro atoms. The number of alkyl halides is 3. The van der Waals surface area contributed by atoms with E-state index in [1.54, 1.807) is 20.8 Å². The Kier molecular flexibility index (Phi) is 6.60. The van der Waals surface area contributed by atoms with Gasteiger partial charge < -0.3 is 5.32 Å². The van der Waals surface area contributed by atoms with Crippen LogP contribution < -0.4 is 10.0 Å². The molecular weight excluding hydrogens is 421 g/mol. The predicted octanol–water partition coefficient (Wildman–Crippen LogP) is 3.85. The van der Waals surface area contributed by atoms with E-state index in [9.17, 15) is 31.2 Å². The topological polar surface area (TPSA) is 92.3 Å². The summed E-state index contributed by atoms with van der Waals surface area (Å²) in [5.74, 6) is -0.923. The number of rotatable bonds is 6. The van der Waals surface area contributed by atoms with Gasteiger partial charge in [-0.15, -0.1) is 0 Å². The van der Waals surface area contributed by atoms with Gasteiger partial charge in [-0.05, 0) is 30.3 Å². The number of carbonyl (C=O) groups excluding carboxylic acids is 2. The Bertz CT molecular complexity index is 1060. The second kappa shape index (κ2) is 8.47. The van der Waals surface area contributed by atoms with E-state index in [0.717, 1.165) is 18.2 Å². The molecule has 0 saturated heterocycles. The second-order valence-corrected chi connectivity index (χ2v) is 9.21. The van der Waals surface area contributed by atoms with Gasteiger partial charge in [0, 0.05) is 5.41 Å². The Morgan fingerprint density at radius 1 is 0.967 bits per heavy atom. The number of benzene rings is 2. The minimum absolute atomic E-state index is 0.0743. The molecule has 6 nitrogen and oxygen atoms in total. The van der Waals surface area contributed by atoms with Crippen molar-refractivity contribution in [2.75, 3.05) is 11.3 Å². The molecule has 2 aromatic rings. The zero-order valence-electron chi connectivity index (χ0n) is 16.5. The summed E-state index contributed by atoms with van der Waals surface area (Å²) in [7, 11) is -4.40. The van der Waals surface area contributed by atoms with E-state index in [1.165, 1.54) is 24.3 Å². The summed E-state index contributed by atoms with van der Waals surface area (Å²) in [5.41, 5.74) is -1.99. The van der Waals surface area contributed by atoms with Crippen LogP contribution in [0, 0.1) is 5.41 Å². The number of hydrogen-bond acceptors (Lipinski definition) is 4. The van der Waals surface area contributed by atoms with Crippen LogP contribution in [0.2, 0.25) is 0 Å². The predicted molar refractivity (Wildman–Crippen MR) is 105 cm³/mol. The number of nitrogens with one attached hydrogen (secondary N) is 2. The summed E-state index contributed by atoms with van der Waals surface area (Å²) in [6.45, 7) is 4.83. The lowest BCUT2D eigenvalue weighted by molar-refractivity contribution is -0.137. The Morgan fingerprint density at radius 3 is 2.20 bits per heavy atom. The molecule has 2 aromatic carbocycles. The molecule has 162 valence electrons. The van der Waals surface area contributed by atoms with E-state index >= 15 is 0 Å². The van der Waals surface area contributed by atoms with Crippen molar-refractivity contribution in [2.45, 2.75) is 31.8 Å². The summed E-state index contributed by atoms with van der Waals surface area (Å²) >= 11 is 0. The van der Waals surface area contributed by atoms with Crippen LogP contribution in [0.3, 0.4) is 0 Å². The lowest BCUT2D eigenvalue weighted by Gasteiger charge is -2.17. The standard InChI is InChI=1S/C20H21F3N2O4S/c1-19(2,3)17(26)12-24-18(27)15-9-4-5-10-16(15)25-30(28,29)14-8-6-7-13(11-14)20(21,22)23/h4-11,25H,12H2,1-3H3,(H,24,27). The highest BCUT2D eigenvalue weighted by Gasteiger charge is 2.32. The largest absolute Gasteiger partial charge is 0.416 e. The molecule has 0 heterocycles. The molecule has 0 aliphatic rings. The second-order valence-electron chi connectivity index (χ2n) is 7.53. The van der Waals surface area contributed by atoms with E-state index in [4.69, 9.17) is 0 Å². The minimum Gasteiger partial charge on any atom is -0.345 e. The Balaban J connectivity index is 2.28. The molecule has 1 amide bonds. The van der Waals surface area contributed by atoms with Crippen LogP contribution in [0.15, 0.2) is 53.4 Å². The van der Waals surface area contributed by atoms with Gasteiger partial charge in [0.25, 0.3) is 15.9 Å². The first kappa shape index (κ1) is 23.4. The molecule has 0 aromatic heterocycles. The molecule has 0 atom stereocenters. The van der Waals surface area contributed by atoms with Crippen molar-refractivity contribution in [2.24, 2.45) is 5.41 Å². The molecule has 30 heavy (non-hydrogen) atoms. The highest BCUT2D eigenvalue weighted by molar-refractivity contribution is 7.92. The number of halogens is 3. The van der Waals surface area contributed by atoms with Crippen molar-refractivity contribution in [3.63, 3.8) is 0 Å². The number of sulfonamides is 1. The van der Waals surface area contributed by atoms with Crippen LogP contribution in [0.4, 0.5) is 18.9 Å². The monoisotopic (exact) mass is 442 g/mol. The Morgan fingerprint density at radius 2 is 1.60 bits per heavy atom. The summed E-state index contributed by atoms with van der Waals surface area (Å²) < 4.78 is 66.0. The van der Waals surface area contributed by atoms with Gasteiger partial charge in [-0.2, -0.15) is 13.2 Å². The van der Waals surface area contributed by atoms with Gasteiger partial charge in [0.15, 0.2) is 5.78 Å². The average Bonchev–Trinajstić information content (AvgIpc) is 2.64. The Hall–Kier alpha value is -2.88. The highest BCUT2D eigenvalue weighted by Crippen LogP contribution is 2.31. The van der Waals surface area contributed by atoms with E-state index in [1.807, 2.05) is 0 Å². The molecule has 0 unspecified atom stereocenters. The van der Waals surface area contributed by atoms with Crippen molar-refractivity contribution in [3.8, 4) is 0 Å². The van der Waals surface area contributed by atoms with Crippen LogP contribution >= 0.6 is 0 Å². The summed E-state index contributed by atoms with van der Waals surface area (Å²) in [6, 6.07) is 8.84. The number of amides is 1. The fourth-order valence-corrected chi connectivity index (χ4v) is 3.46. The maximum atomic E-state index is 12.9. The fraction of sp³-hybridized carbons (Fsp3) is 0.300. The number of Topliss-reactive ketones (excluding diaryl/α,β-unsaturated/α-hetero) is 1. The molecule has 0 fully saturated rings. The van der Waals surface area contributed by atoms with Crippen molar-refractivity contribution < 1.29 is 31.2 Å². The van der Waals surface area contributed by atoms with E-state index in [-0.39, 0.29) is 23.6 Å². The number of hydrogen-bond donors (Lipinski definition) is 2. The van der Waals surface area contributed by atoms with Gasteiger partial charge in [0.1, 0.15) is 0 Å². The van der Waals surface area contributed by atoms with Crippen molar-refractivity contribution >= 4 is 27.4 Å². The third-order valence-corrected chi connectivity index (χ3v) is 5.50. The van der Waals surface area contributed by atoms with Gasteiger partial charge in [0.05, 0.1) is 28.3 Å². The van der Waals surface area contributed by atoms with E-state index in [2.05, 4.69) is 10.0 Å². The quantitative estimate of drug-likeness (QED) is 0.711. The average molecular weight is 442 g/mol. The minimum atomic E-state index is -4.71. The maximum absolute atomic E-state index is 12.9. The number of para-hydroxylation sites is 1. The van der Waals surface area contributed by atoms with Crippen LogP contribution in [-0.2, 0) is 21.0 Å². The zero-order valence-corrected chi connectivity index (χ0v) is 17.3. The number of ketones is 1. The van der Waals surface area contributed by atoms with Crippen molar-refractivity contribution in [1.82, 2.24) is 5.32 Å². The van der Waals surface area contributed by atoms with Gasteiger partial charge in [-0.1, -0.05) is 39.0 Å². The zero-order chi connectivity index (χ0) is 22.7. The smallest absolute Gasteiger partial charge is 0.345 e. The van der Waals surface area contributed by atoms with Gasteiger partial charge in [-0.3, -0.25) is 14.3 Å². The third kappa shape index (κ3) is 5.82. The summed E-state index contributed by atoms with van der Waals surface area (Å²) in [5, 5.41) is 2.43. The molecule has 0 saturated carbocycles. The molecule has 2 N–H and O–H groups in total. The van der Waals surface area contributed by atoms with Gasteiger partial charge >= 0.3 is 6.18 Å². The van der Waals surface area contributed by atoms with Gasteiger partial charge in [0.2, 0.25) is 0 Å². The fourth-order valence-electron chi connectivity index (χ4n) is 2.33. The summed E-state index contributed by atoms with van der Waals surface area (Å²) in [4.78, 5) is 23.9. The van der Waals surface area contributed by atoms with Gasteiger partial charge in [-0.25, -0.2) is 8.42 Å². The SMILES string of the molecule is CC(C)(C)C(=O)CNC(=O)c1ccccc1NS(=O)(=O)c1cccc(C(F)(F)F)c1. The molecule has 0 radical (unpaired) electrons. The number of carbonyl (C=O) groups is 2. The van der Waals surface area contributed by atoms with E-state index < -0.39 is 38.0 Å². The van der Waals surface area contributed by atoms with Crippen LogP contribution in [0.25, 0.3) is 0 Å². The van der Waals surface area contributed by atoms with Crippen LogP contribution in [-0.4, -0.2) is 26.7 Å². The first-order valence-corrected chi connectivity index (χ1v) is 10.3. The highest BCUT2D eigenvalue weighted by atomic mass is 32.2. The molecular formula is C20H21F3N2O4S. The van der Waals surface area contributed by atoms with Crippen LogP contribution in [0.5, 0.6) is 0 Å². The normalized spacial score (nSPS) is 12.3. The molecule has 2 rings (SSSR count). The Labute approximate surface area is 172 Å². The molecule has 0 aliphatic heterocycles. The molecule has 0 aliphatic carbocycles. The molecule has 0 bridgehead atoms. The summed E-state index contributed by atoms with van der Waals surface area (Å²) in [6.07, 6.45) is -4.71. The maximum Gasteiger partial charge on any atom is 0.416 e. The van der Waals surface area contributed by atoms with E-state index in [0.29, 0.717) is 6.07 Å². The first-order chi connectivity index (χ1) is 13.7. The number of anilines is 1. The van der Waals surface area contributed by atoms with Crippen molar-refractivity contribution in [3.05, 3.63) is 59.7 Å².